The first-order chi connectivity index (χ1) is 22.8. The van der Waals surface area contributed by atoms with Crippen molar-refractivity contribution in [1.29, 1.82) is 0 Å². The summed E-state index contributed by atoms with van der Waals surface area (Å²) in [5, 5.41) is 2.33. The van der Waals surface area contributed by atoms with E-state index in [1.165, 1.54) is 5.39 Å². The second kappa shape index (κ2) is 10.6. The lowest BCUT2D eigenvalue weighted by molar-refractivity contribution is 0.620. The van der Waals surface area contributed by atoms with E-state index in [2.05, 4.69) is 99.5 Å². The van der Waals surface area contributed by atoms with Gasteiger partial charge in [-0.3, -0.25) is 15.0 Å². The van der Waals surface area contributed by atoms with Crippen molar-refractivity contribution in [3.63, 3.8) is 0 Å². The molecular formula is C40H25N5O. The minimum absolute atomic E-state index is 0.599. The number of nitrogens with zero attached hydrogens (tertiary/aromatic N) is 5. The van der Waals surface area contributed by atoms with Gasteiger partial charge in [0.25, 0.3) is 0 Å². The van der Waals surface area contributed by atoms with Gasteiger partial charge in [0.2, 0.25) is 5.89 Å². The van der Waals surface area contributed by atoms with Gasteiger partial charge in [-0.15, -0.1) is 0 Å². The largest absolute Gasteiger partial charge is 0.436 e. The van der Waals surface area contributed by atoms with Crippen LogP contribution in [0.3, 0.4) is 0 Å². The lowest BCUT2D eigenvalue weighted by atomic mass is 10.00. The van der Waals surface area contributed by atoms with Crippen molar-refractivity contribution >= 4 is 32.9 Å². The Morgan fingerprint density at radius 2 is 1.24 bits per heavy atom. The highest BCUT2D eigenvalue weighted by Gasteiger charge is 2.19. The van der Waals surface area contributed by atoms with Crippen LogP contribution in [0.5, 0.6) is 0 Å². The van der Waals surface area contributed by atoms with Crippen LogP contribution in [0.15, 0.2) is 157 Å². The van der Waals surface area contributed by atoms with Gasteiger partial charge in [-0.2, -0.15) is 0 Å². The molecular weight excluding hydrogens is 566 g/mol. The Labute approximate surface area is 264 Å². The van der Waals surface area contributed by atoms with Crippen molar-refractivity contribution in [3.8, 4) is 50.7 Å². The highest BCUT2D eigenvalue weighted by Crippen LogP contribution is 2.39. The highest BCUT2D eigenvalue weighted by atomic mass is 16.3. The fourth-order valence-electron chi connectivity index (χ4n) is 6.29. The number of hydrogen-bond acceptors (Lipinski definition) is 5. The van der Waals surface area contributed by atoms with Crippen LogP contribution in [-0.4, -0.2) is 24.5 Å². The molecule has 9 rings (SSSR count). The van der Waals surface area contributed by atoms with Gasteiger partial charge in [0.15, 0.2) is 5.58 Å². The molecule has 4 aromatic carbocycles. The number of para-hydroxylation sites is 3. The zero-order valence-electron chi connectivity index (χ0n) is 24.6. The van der Waals surface area contributed by atoms with E-state index >= 15 is 0 Å². The molecule has 0 aliphatic heterocycles. The molecule has 0 bridgehead atoms. The Bertz CT molecular complexity index is 2480. The van der Waals surface area contributed by atoms with Gasteiger partial charge in [0, 0.05) is 64.0 Å². The van der Waals surface area contributed by atoms with Crippen molar-refractivity contribution in [2.24, 2.45) is 0 Å². The standard InChI is InChI=1S/C40H25N5O/c1-3-7-36-32(5-1)33-13-10-29(40-44-35-6-2-4-8-39(35)46-40)24-38(33)45(36)37-23-28(9-12-31(37)27-17-21-42-22-18-27)34-14-11-30(25-43-34)26-15-19-41-20-16-26/h1-25H. The van der Waals surface area contributed by atoms with Crippen molar-refractivity contribution in [2.75, 3.05) is 0 Å². The quantitative estimate of drug-likeness (QED) is 0.199. The summed E-state index contributed by atoms with van der Waals surface area (Å²) < 4.78 is 8.54. The minimum atomic E-state index is 0.599. The number of benzene rings is 4. The fraction of sp³-hybridized carbons (Fsp3) is 0. The molecule has 0 fully saturated rings. The highest BCUT2D eigenvalue weighted by molar-refractivity contribution is 6.10. The Balaban J connectivity index is 1.27. The molecule has 46 heavy (non-hydrogen) atoms. The molecule has 0 radical (unpaired) electrons. The molecule has 0 atom stereocenters. The van der Waals surface area contributed by atoms with Crippen molar-refractivity contribution in [3.05, 3.63) is 152 Å². The van der Waals surface area contributed by atoms with E-state index in [9.17, 15) is 0 Å². The van der Waals surface area contributed by atoms with Crippen LogP contribution < -0.4 is 0 Å². The summed E-state index contributed by atoms with van der Waals surface area (Å²) in [4.78, 5) is 18.1. The van der Waals surface area contributed by atoms with E-state index in [4.69, 9.17) is 14.4 Å². The molecule has 0 aliphatic carbocycles. The van der Waals surface area contributed by atoms with Gasteiger partial charge < -0.3 is 8.98 Å². The maximum atomic E-state index is 6.20. The van der Waals surface area contributed by atoms with Crippen LogP contribution in [0.4, 0.5) is 0 Å². The molecule has 6 heteroatoms. The maximum Gasteiger partial charge on any atom is 0.227 e. The SMILES string of the molecule is c1ccc2oc(-c3ccc4c5ccccc5n(-c5cc(-c6ccc(-c7ccncc7)cn6)ccc5-c5ccncc5)c4c3)nc2c1. The summed E-state index contributed by atoms with van der Waals surface area (Å²) in [7, 11) is 0. The third kappa shape index (κ3) is 4.35. The average Bonchev–Trinajstić information content (AvgIpc) is 3.71. The van der Waals surface area contributed by atoms with Crippen molar-refractivity contribution in [1.82, 2.24) is 24.5 Å². The first-order valence-electron chi connectivity index (χ1n) is 15.1. The average molecular weight is 592 g/mol. The summed E-state index contributed by atoms with van der Waals surface area (Å²) in [6.45, 7) is 0. The Morgan fingerprint density at radius 1 is 0.522 bits per heavy atom. The molecule has 5 heterocycles. The van der Waals surface area contributed by atoms with Gasteiger partial charge in [-0.1, -0.05) is 54.6 Å². The minimum Gasteiger partial charge on any atom is -0.436 e. The van der Waals surface area contributed by atoms with Crippen LogP contribution in [0.1, 0.15) is 0 Å². The molecule has 6 nitrogen and oxygen atoms in total. The zero-order chi connectivity index (χ0) is 30.5. The van der Waals surface area contributed by atoms with E-state index in [1.54, 1.807) is 12.4 Å². The van der Waals surface area contributed by atoms with E-state index < -0.39 is 0 Å². The number of rotatable bonds is 5. The summed E-state index contributed by atoms with van der Waals surface area (Å²) in [5.74, 6) is 0.599. The lowest BCUT2D eigenvalue weighted by Gasteiger charge is -2.16. The molecule has 0 aliphatic rings. The fourth-order valence-corrected chi connectivity index (χ4v) is 6.29. The van der Waals surface area contributed by atoms with Gasteiger partial charge in [-0.25, -0.2) is 4.98 Å². The molecule has 5 aromatic heterocycles. The van der Waals surface area contributed by atoms with E-state index in [-0.39, 0.29) is 0 Å². The lowest BCUT2D eigenvalue weighted by Crippen LogP contribution is -1.99. The second-order valence-electron chi connectivity index (χ2n) is 11.2. The molecule has 0 amide bonds. The van der Waals surface area contributed by atoms with E-state index in [1.807, 2.05) is 55.0 Å². The number of hydrogen-bond donors (Lipinski definition) is 0. The van der Waals surface area contributed by atoms with Crippen LogP contribution in [-0.2, 0) is 0 Å². The molecule has 9 aromatic rings. The van der Waals surface area contributed by atoms with Gasteiger partial charge in [0.05, 0.1) is 22.4 Å². The summed E-state index contributed by atoms with van der Waals surface area (Å²) >= 11 is 0. The van der Waals surface area contributed by atoms with Crippen LogP contribution >= 0.6 is 0 Å². The topological polar surface area (TPSA) is 69.6 Å². The summed E-state index contributed by atoms with van der Waals surface area (Å²) in [6, 6.07) is 41.7. The first kappa shape index (κ1) is 26.0. The maximum absolute atomic E-state index is 6.20. The molecule has 0 unspecified atom stereocenters. The van der Waals surface area contributed by atoms with Crippen molar-refractivity contribution < 1.29 is 4.42 Å². The second-order valence-corrected chi connectivity index (χ2v) is 11.2. The monoisotopic (exact) mass is 591 g/mol. The predicted molar refractivity (Wildman–Crippen MR) is 183 cm³/mol. The number of pyridine rings is 3. The van der Waals surface area contributed by atoms with Crippen LogP contribution in [0.25, 0.3) is 83.6 Å². The Morgan fingerprint density at radius 3 is 2.04 bits per heavy atom. The van der Waals surface area contributed by atoms with Gasteiger partial charge in [0.1, 0.15) is 5.52 Å². The molecule has 0 spiro atoms. The smallest absolute Gasteiger partial charge is 0.227 e. The summed E-state index contributed by atoms with van der Waals surface area (Å²) in [6.07, 6.45) is 9.20. The van der Waals surface area contributed by atoms with Gasteiger partial charge >= 0.3 is 0 Å². The van der Waals surface area contributed by atoms with Crippen LogP contribution in [0, 0.1) is 0 Å². The number of aromatic nitrogens is 5. The van der Waals surface area contributed by atoms with E-state index in [0.717, 1.165) is 72.3 Å². The Hall–Kier alpha value is -6.40. The van der Waals surface area contributed by atoms with Gasteiger partial charge in [-0.05, 0) is 77.9 Å². The molecule has 216 valence electrons. The number of fused-ring (bicyclic) bond motifs is 4. The zero-order valence-corrected chi connectivity index (χ0v) is 24.6. The first-order valence-corrected chi connectivity index (χ1v) is 15.1. The van der Waals surface area contributed by atoms with Crippen LogP contribution in [0.2, 0.25) is 0 Å². The predicted octanol–water partition coefficient (Wildman–Crippen LogP) is 9.78. The van der Waals surface area contributed by atoms with Crippen molar-refractivity contribution in [2.45, 2.75) is 0 Å². The van der Waals surface area contributed by atoms with E-state index in [0.29, 0.717) is 5.89 Å². The third-order valence-electron chi connectivity index (χ3n) is 8.52. The summed E-state index contributed by atoms with van der Waals surface area (Å²) in [5.41, 5.74) is 12.0. The number of oxazole rings is 1. The Kier molecular flexibility index (Phi) is 6.03. The molecule has 0 saturated carbocycles. The normalized spacial score (nSPS) is 11.5. The molecule has 0 N–H and O–H groups in total. The molecule has 0 saturated heterocycles. The third-order valence-corrected chi connectivity index (χ3v) is 8.52.